The van der Waals surface area contributed by atoms with Crippen LogP contribution >= 0.6 is 0 Å². The molecule has 1 aromatic rings. The number of phenolic OH excluding ortho intramolecular Hbond substituents is 1. The van der Waals surface area contributed by atoms with Crippen molar-refractivity contribution in [2.75, 3.05) is 6.61 Å². The highest BCUT2D eigenvalue weighted by Crippen LogP contribution is 2.11. The van der Waals surface area contributed by atoms with Gasteiger partial charge in [0, 0.05) is 0 Å². The summed E-state index contributed by atoms with van der Waals surface area (Å²) in [4.78, 5) is 11.5. The SMILES string of the molecule is CC(C)COC(=O)[C@@H](N)Cc1ccc(O)cc1. The molecule has 0 aliphatic carbocycles. The average molecular weight is 237 g/mol. The molecule has 1 rings (SSSR count). The van der Waals surface area contributed by atoms with E-state index in [-0.39, 0.29) is 11.7 Å². The molecule has 0 bridgehead atoms. The summed E-state index contributed by atoms with van der Waals surface area (Å²) in [6.45, 7) is 4.33. The third-order valence-electron chi connectivity index (χ3n) is 2.25. The van der Waals surface area contributed by atoms with Crippen LogP contribution in [0.5, 0.6) is 5.75 Å². The van der Waals surface area contributed by atoms with Crippen LogP contribution in [0.4, 0.5) is 0 Å². The van der Waals surface area contributed by atoms with Crippen LogP contribution < -0.4 is 5.73 Å². The van der Waals surface area contributed by atoms with Crippen LogP contribution in [0.2, 0.25) is 0 Å². The molecule has 0 aromatic heterocycles. The van der Waals surface area contributed by atoms with E-state index in [4.69, 9.17) is 15.6 Å². The number of hydrogen-bond donors (Lipinski definition) is 2. The van der Waals surface area contributed by atoms with Crippen molar-refractivity contribution in [3.05, 3.63) is 29.8 Å². The highest BCUT2D eigenvalue weighted by molar-refractivity contribution is 5.75. The highest BCUT2D eigenvalue weighted by Gasteiger charge is 2.15. The topological polar surface area (TPSA) is 72.5 Å². The average Bonchev–Trinajstić information content (AvgIpc) is 2.28. The predicted octanol–water partition coefficient (Wildman–Crippen LogP) is 1.46. The first-order valence-electron chi connectivity index (χ1n) is 5.69. The van der Waals surface area contributed by atoms with E-state index in [0.29, 0.717) is 18.9 Å². The Labute approximate surface area is 101 Å². The second-order valence-corrected chi connectivity index (χ2v) is 4.50. The van der Waals surface area contributed by atoms with Gasteiger partial charge in [-0.2, -0.15) is 0 Å². The molecule has 4 heteroatoms. The minimum Gasteiger partial charge on any atom is -0.508 e. The fourth-order valence-electron chi connectivity index (χ4n) is 1.33. The van der Waals surface area contributed by atoms with Gasteiger partial charge in [0.1, 0.15) is 11.8 Å². The molecule has 0 heterocycles. The molecule has 94 valence electrons. The Hall–Kier alpha value is -1.55. The molecule has 0 saturated carbocycles. The van der Waals surface area contributed by atoms with Crippen molar-refractivity contribution < 1.29 is 14.6 Å². The molecule has 3 N–H and O–H groups in total. The highest BCUT2D eigenvalue weighted by atomic mass is 16.5. The zero-order valence-corrected chi connectivity index (χ0v) is 10.2. The number of aromatic hydroxyl groups is 1. The number of benzene rings is 1. The Morgan fingerprint density at radius 1 is 1.35 bits per heavy atom. The summed E-state index contributed by atoms with van der Waals surface area (Å²) >= 11 is 0. The van der Waals surface area contributed by atoms with Crippen molar-refractivity contribution in [3.63, 3.8) is 0 Å². The van der Waals surface area contributed by atoms with E-state index in [1.165, 1.54) is 0 Å². The first kappa shape index (κ1) is 13.5. The van der Waals surface area contributed by atoms with E-state index >= 15 is 0 Å². The number of hydrogen-bond acceptors (Lipinski definition) is 4. The van der Waals surface area contributed by atoms with Gasteiger partial charge in [-0.05, 0) is 30.0 Å². The Morgan fingerprint density at radius 3 is 2.47 bits per heavy atom. The van der Waals surface area contributed by atoms with E-state index in [1.807, 2.05) is 13.8 Å². The maximum absolute atomic E-state index is 11.5. The number of carbonyl (C=O) groups is 1. The molecule has 1 atom stereocenters. The summed E-state index contributed by atoms with van der Waals surface area (Å²) in [5, 5.41) is 9.12. The van der Waals surface area contributed by atoms with Gasteiger partial charge in [0.2, 0.25) is 0 Å². The van der Waals surface area contributed by atoms with Gasteiger partial charge in [-0.15, -0.1) is 0 Å². The van der Waals surface area contributed by atoms with E-state index in [1.54, 1.807) is 24.3 Å². The van der Waals surface area contributed by atoms with Crippen molar-refractivity contribution in [3.8, 4) is 5.75 Å². The number of phenols is 1. The molecule has 4 nitrogen and oxygen atoms in total. The van der Waals surface area contributed by atoms with Crippen molar-refractivity contribution in [2.45, 2.75) is 26.3 Å². The van der Waals surface area contributed by atoms with Crippen LogP contribution in [0, 0.1) is 5.92 Å². The summed E-state index contributed by atoms with van der Waals surface area (Å²) in [5.41, 5.74) is 6.64. The van der Waals surface area contributed by atoms with Gasteiger partial charge in [-0.3, -0.25) is 4.79 Å². The zero-order valence-electron chi connectivity index (χ0n) is 10.2. The normalized spacial score (nSPS) is 12.5. The lowest BCUT2D eigenvalue weighted by atomic mass is 10.1. The lowest BCUT2D eigenvalue weighted by molar-refractivity contribution is -0.146. The van der Waals surface area contributed by atoms with Gasteiger partial charge in [0.05, 0.1) is 6.61 Å². The Morgan fingerprint density at radius 2 is 1.94 bits per heavy atom. The fraction of sp³-hybridized carbons (Fsp3) is 0.462. The van der Waals surface area contributed by atoms with Gasteiger partial charge in [-0.1, -0.05) is 26.0 Å². The van der Waals surface area contributed by atoms with Crippen LogP contribution in [-0.2, 0) is 16.0 Å². The molecule has 1 aromatic carbocycles. The quantitative estimate of drug-likeness (QED) is 0.760. The molecular weight excluding hydrogens is 218 g/mol. The lowest BCUT2D eigenvalue weighted by Crippen LogP contribution is -2.35. The number of nitrogens with two attached hydrogens (primary N) is 1. The molecule has 0 amide bonds. The van der Waals surface area contributed by atoms with Gasteiger partial charge in [0.15, 0.2) is 0 Å². The zero-order chi connectivity index (χ0) is 12.8. The number of carbonyl (C=O) groups excluding carboxylic acids is 1. The van der Waals surface area contributed by atoms with Crippen LogP contribution in [0.3, 0.4) is 0 Å². The summed E-state index contributed by atoms with van der Waals surface area (Å²) < 4.78 is 5.05. The smallest absolute Gasteiger partial charge is 0.323 e. The van der Waals surface area contributed by atoms with Crippen LogP contribution in [0.1, 0.15) is 19.4 Å². The predicted molar refractivity (Wildman–Crippen MR) is 65.6 cm³/mol. The molecule has 0 aliphatic rings. The molecule has 0 aliphatic heterocycles. The van der Waals surface area contributed by atoms with E-state index in [9.17, 15) is 4.79 Å². The number of rotatable bonds is 5. The van der Waals surface area contributed by atoms with Gasteiger partial charge >= 0.3 is 5.97 Å². The van der Waals surface area contributed by atoms with Crippen LogP contribution in [-0.4, -0.2) is 23.7 Å². The molecule has 0 unspecified atom stereocenters. The summed E-state index contributed by atoms with van der Waals surface area (Å²) in [5.74, 6) is 0.122. The third kappa shape index (κ3) is 4.87. The minimum atomic E-state index is -0.654. The third-order valence-corrected chi connectivity index (χ3v) is 2.25. The molecule has 0 fully saturated rings. The van der Waals surface area contributed by atoms with Gasteiger partial charge < -0.3 is 15.6 Å². The summed E-state index contributed by atoms with van der Waals surface area (Å²) in [6, 6.07) is 5.97. The summed E-state index contributed by atoms with van der Waals surface area (Å²) in [6.07, 6.45) is 0.414. The van der Waals surface area contributed by atoms with Crippen molar-refractivity contribution in [1.29, 1.82) is 0 Å². The van der Waals surface area contributed by atoms with E-state index in [2.05, 4.69) is 0 Å². The van der Waals surface area contributed by atoms with Crippen molar-refractivity contribution in [2.24, 2.45) is 11.7 Å². The van der Waals surface area contributed by atoms with E-state index < -0.39 is 6.04 Å². The number of ether oxygens (including phenoxy) is 1. The maximum Gasteiger partial charge on any atom is 0.323 e. The fourth-order valence-corrected chi connectivity index (χ4v) is 1.33. The van der Waals surface area contributed by atoms with Crippen LogP contribution in [0.15, 0.2) is 24.3 Å². The largest absolute Gasteiger partial charge is 0.508 e. The lowest BCUT2D eigenvalue weighted by Gasteiger charge is -2.12. The second-order valence-electron chi connectivity index (χ2n) is 4.50. The maximum atomic E-state index is 11.5. The number of esters is 1. The Balaban J connectivity index is 2.45. The van der Waals surface area contributed by atoms with Crippen molar-refractivity contribution in [1.82, 2.24) is 0 Å². The first-order valence-corrected chi connectivity index (χ1v) is 5.69. The molecular formula is C13H19NO3. The second kappa shape index (κ2) is 6.25. The monoisotopic (exact) mass is 237 g/mol. The van der Waals surface area contributed by atoms with Gasteiger partial charge in [-0.25, -0.2) is 0 Å². The van der Waals surface area contributed by atoms with Gasteiger partial charge in [0.25, 0.3) is 0 Å². The Kier molecular flexibility index (Phi) is 4.97. The van der Waals surface area contributed by atoms with Crippen molar-refractivity contribution >= 4 is 5.97 Å². The van der Waals surface area contributed by atoms with Crippen LogP contribution in [0.25, 0.3) is 0 Å². The summed E-state index contributed by atoms with van der Waals surface area (Å²) in [7, 11) is 0. The minimum absolute atomic E-state index is 0.199. The molecule has 0 saturated heterocycles. The standard InChI is InChI=1S/C13H19NO3/c1-9(2)8-17-13(16)12(14)7-10-3-5-11(15)6-4-10/h3-6,9,12,15H,7-8,14H2,1-2H3/t12-/m0/s1. The molecule has 0 spiro atoms. The molecule has 17 heavy (non-hydrogen) atoms. The Bertz CT molecular complexity index is 359. The molecule has 0 radical (unpaired) electrons. The first-order chi connectivity index (χ1) is 7.99. The van der Waals surface area contributed by atoms with E-state index in [0.717, 1.165) is 5.56 Å².